The first-order valence-corrected chi connectivity index (χ1v) is 5.76. The van der Waals surface area contributed by atoms with E-state index in [1.807, 2.05) is 0 Å². The van der Waals surface area contributed by atoms with Gasteiger partial charge in [-0.2, -0.15) is 5.10 Å². The minimum absolute atomic E-state index is 0.0343. The molecule has 1 heterocycles. The molecule has 0 unspecified atom stereocenters. The van der Waals surface area contributed by atoms with Crippen LogP contribution in [-0.2, 0) is 0 Å². The van der Waals surface area contributed by atoms with Crippen LogP contribution in [-0.4, -0.2) is 17.3 Å². The second-order valence-corrected chi connectivity index (χ2v) is 4.20. The van der Waals surface area contributed by atoms with E-state index in [0.29, 0.717) is 10.7 Å². The van der Waals surface area contributed by atoms with Gasteiger partial charge in [-0.3, -0.25) is 4.79 Å². The van der Waals surface area contributed by atoms with Crippen LogP contribution in [0.25, 0.3) is 0 Å². The standard InChI is InChI=1S/C12H11ClN4O2/c1-7-10(11(14)19-17-7)12(18)16-15-6-8-3-2-4-9(13)5-8/h2-6H,14H2,1H3,(H,16,18)/b15-6+. The monoisotopic (exact) mass is 278 g/mol. The maximum absolute atomic E-state index is 11.8. The lowest BCUT2D eigenvalue weighted by Gasteiger charge is -1.98. The molecule has 0 saturated heterocycles. The Balaban J connectivity index is 2.05. The van der Waals surface area contributed by atoms with Crippen LogP contribution >= 0.6 is 11.6 Å². The van der Waals surface area contributed by atoms with Crippen molar-refractivity contribution >= 4 is 29.6 Å². The second-order valence-electron chi connectivity index (χ2n) is 3.76. The number of rotatable bonds is 3. The summed E-state index contributed by atoms with van der Waals surface area (Å²) >= 11 is 5.82. The molecular formula is C12H11ClN4O2. The topological polar surface area (TPSA) is 93.5 Å². The molecule has 2 aromatic rings. The quantitative estimate of drug-likeness (QED) is 0.663. The van der Waals surface area contributed by atoms with Gasteiger partial charge in [-0.25, -0.2) is 5.43 Å². The maximum atomic E-state index is 11.8. The molecule has 1 aromatic heterocycles. The van der Waals surface area contributed by atoms with Crippen molar-refractivity contribution in [2.75, 3.05) is 5.73 Å². The van der Waals surface area contributed by atoms with E-state index in [-0.39, 0.29) is 11.4 Å². The molecule has 0 aliphatic heterocycles. The highest BCUT2D eigenvalue weighted by Crippen LogP contribution is 2.14. The third-order valence-corrected chi connectivity index (χ3v) is 2.58. The molecular weight excluding hydrogens is 268 g/mol. The number of nitrogen functional groups attached to an aromatic ring is 1. The largest absolute Gasteiger partial charge is 0.367 e. The molecule has 7 heteroatoms. The van der Waals surface area contributed by atoms with Gasteiger partial charge in [-0.15, -0.1) is 0 Å². The highest BCUT2D eigenvalue weighted by molar-refractivity contribution is 6.30. The van der Waals surface area contributed by atoms with Gasteiger partial charge in [0.1, 0.15) is 5.56 Å². The lowest BCUT2D eigenvalue weighted by molar-refractivity contribution is 0.0955. The SMILES string of the molecule is Cc1noc(N)c1C(=O)N/N=C/c1cccc(Cl)c1. The Labute approximate surface area is 114 Å². The lowest BCUT2D eigenvalue weighted by atomic mass is 10.2. The minimum Gasteiger partial charge on any atom is -0.367 e. The number of benzene rings is 1. The number of carbonyl (C=O) groups excluding carboxylic acids is 1. The maximum Gasteiger partial charge on any atom is 0.278 e. The lowest BCUT2D eigenvalue weighted by Crippen LogP contribution is -2.19. The number of carbonyl (C=O) groups is 1. The zero-order valence-electron chi connectivity index (χ0n) is 10.1. The Morgan fingerprint density at radius 1 is 1.58 bits per heavy atom. The summed E-state index contributed by atoms with van der Waals surface area (Å²) in [5, 5.41) is 7.99. The highest BCUT2D eigenvalue weighted by Gasteiger charge is 2.17. The first kappa shape index (κ1) is 13.1. The number of nitrogens with two attached hydrogens (primary N) is 1. The predicted octanol–water partition coefficient (Wildman–Crippen LogP) is 1.98. The fraction of sp³-hybridized carbons (Fsp3) is 0.0833. The molecule has 1 amide bonds. The van der Waals surface area contributed by atoms with Crippen molar-refractivity contribution in [3.63, 3.8) is 0 Å². The molecule has 2 rings (SSSR count). The Kier molecular flexibility index (Phi) is 3.82. The number of halogens is 1. The zero-order chi connectivity index (χ0) is 13.8. The van der Waals surface area contributed by atoms with E-state index in [1.54, 1.807) is 31.2 Å². The summed E-state index contributed by atoms with van der Waals surface area (Å²) in [5.41, 5.74) is 9.19. The van der Waals surface area contributed by atoms with E-state index >= 15 is 0 Å². The van der Waals surface area contributed by atoms with E-state index in [2.05, 4.69) is 15.7 Å². The van der Waals surface area contributed by atoms with Gasteiger partial charge in [0, 0.05) is 5.02 Å². The fourth-order valence-electron chi connectivity index (χ4n) is 1.47. The number of nitrogens with zero attached hydrogens (tertiary/aromatic N) is 2. The van der Waals surface area contributed by atoms with Gasteiger partial charge in [0.15, 0.2) is 0 Å². The number of hydrazone groups is 1. The molecule has 0 radical (unpaired) electrons. The highest BCUT2D eigenvalue weighted by atomic mass is 35.5. The van der Waals surface area contributed by atoms with Gasteiger partial charge in [0.25, 0.3) is 5.91 Å². The first-order valence-electron chi connectivity index (χ1n) is 5.38. The van der Waals surface area contributed by atoms with E-state index in [9.17, 15) is 4.79 Å². The number of aromatic nitrogens is 1. The average molecular weight is 279 g/mol. The van der Waals surface area contributed by atoms with Crippen molar-refractivity contribution in [2.45, 2.75) is 6.92 Å². The molecule has 0 aliphatic carbocycles. The van der Waals surface area contributed by atoms with Gasteiger partial charge in [0.05, 0.1) is 11.9 Å². The molecule has 0 bridgehead atoms. The van der Waals surface area contributed by atoms with E-state index in [0.717, 1.165) is 5.56 Å². The van der Waals surface area contributed by atoms with Gasteiger partial charge in [-0.05, 0) is 24.6 Å². The smallest absolute Gasteiger partial charge is 0.278 e. The summed E-state index contributed by atoms with van der Waals surface area (Å²) in [5.74, 6) is -0.512. The molecule has 1 aromatic carbocycles. The number of hydrogen-bond acceptors (Lipinski definition) is 5. The number of amides is 1. The van der Waals surface area contributed by atoms with Crippen molar-refractivity contribution in [1.82, 2.24) is 10.6 Å². The van der Waals surface area contributed by atoms with Crippen molar-refractivity contribution in [2.24, 2.45) is 5.10 Å². The summed E-state index contributed by atoms with van der Waals surface area (Å²) in [7, 11) is 0. The Bertz CT molecular complexity index is 617. The minimum atomic E-state index is -0.477. The number of anilines is 1. The van der Waals surface area contributed by atoms with E-state index in [4.69, 9.17) is 21.9 Å². The number of hydrogen-bond donors (Lipinski definition) is 2. The summed E-state index contributed by atoms with van der Waals surface area (Å²) in [4.78, 5) is 11.8. The van der Waals surface area contributed by atoms with Crippen LogP contribution in [0.15, 0.2) is 33.9 Å². The van der Waals surface area contributed by atoms with Gasteiger partial charge >= 0.3 is 0 Å². The summed E-state index contributed by atoms with van der Waals surface area (Å²) < 4.78 is 4.69. The van der Waals surface area contributed by atoms with Crippen LogP contribution in [0.5, 0.6) is 0 Å². The molecule has 0 spiro atoms. The normalized spacial score (nSPS) is 10.8. The van der Waals surface area contributed by atoms with Crippen molar-refractivity contribution < 1.29 is 9.32 Å². The van der Waals surface area contributed by atoms with Crippen LogP contribution in [0.3, 0.4) is 0 Å². The number of aryl methyl sites for hydroxylation is 1. The van der Waals surface area contributed by atoms with Gasteiger partial charge in [-0.1, -0.05) is 28.9 Å². The molecule has 3 N–H and O–H groups in total. The summed E-state index contributed by atoms with van der Waals surface area (Å²) in [6, 6.07) is 7.06. The van der Waals surface area contributed by atoms with E-state index in [1.165, 1.54) is 6.21 Å². The summed E-state index contributed by atoms with van der Waals surface area (Å²) in [6.45, 7) is 1.62. The molecule has 0 saturated carbocycles. The molecule has 6 nitrogen and oxygen atoms in total. The van der Waals surface area contributed by atoms with Gasteiger partial charge < -0.3 is 10.3 Å². The van der Waals surface area contributed by atoms with Crippen LogP contribution < -0.4 is 11.2 Å². The average Bonchev–Trinajstić information content (AvgIpc) is 2.69. The van der Waals surface area contributed by atoms with Crippen molar-refractivity contribution in [3.05, 3.63) is 46.1 Å². The third kappa shape index (κ3) is 3.11. The fourth-order valence-corrected chi connectivity index (χ4v) is 1.67. The van der Waals surface area contributed by atoms with Crippen molar-refractivity contribution in [1.29, 1.82) is 0 Å². The number of nitrogens with one attached hydrogen (secondary N) is 1. The Hall–Kier alpha value is -2.34. The van der Waals surface area contributed by atoms with Crippen LogP contribution in [0.4, 0.5) is 5.88 Å². The summed E-state index contributed by atoms with van der Waals surface area (Å²) in [6.07, 6.45) is 1.48. The third-order valence-electron chi connectivity index (χ3n) is 2.34. The Morgan fingerprint density at radius 3 is 3.00 bits per heavy atom. The van der Waals surface area contributed by atoms with Crippen LogP contribution in [0, 0.1) is 6.92 Å². The van der Waals surface area contributed by atoms with Gasteiger partial charge in [0.2, 0.25) is 5.88 Å². The van der Waals surface area contributed by atoms with Crippen molar-refractivity contribution in [3.8, 4) is 0 Å². The Morgan fingerprint density at radius 2 is 2.37 bits per heavy atom. The zero-order valence-corrected chi connectivity index (χ0v) is 10.8. The molecule has 0 atom stereocenters. The van der Waals surface area contributed by atoms with Crippen LogP contribution in [0.1, 0.15) is 21.6 Å². The van der Waals surface area contributed by atoms with Crippen LogP contribution in [0.2, 0.25) is 5.02 Å². The molecule has 0 aliphatic rings. The molecule has 19 heavy (non-hydrogen) atoms. The molecule has 98 valence electrons. The van der Waals surface area contributed by atoms with E-state index < -0.39 is 5.91 Å². The first-order chi connectivity index (χ1) is 9.08. The second kappa shape index (κ2) is 5.53. The molecule has 0 fully saturated rings. The predicted molar refractivity (Wildman–Crippen MR) is 72.2 cm³/mol.